The molecule has 20 heavy (non-hydrogen) atoms. The van der Waals surface area contributed by atoms with Crippen LogP contribution in [-0.2, 0) is 4.74 Å². The minimum Gasteiger partial charge on any atom is -0.462 e. The van der Waals surface area contributed by atoms with Crippen LogP contribution < -0.4 is 5.73 Å². The van der Waals surface area contributed by atoms with Crippen LogP contribution in [0.3, 0.4) is 0 Å². The summed E-state index contributed by atoms with van der Waals surface area (Å²) in [7, 11) is 0. The van der Waals surface area contributed by atoms with Gasteiger partial charge < -0.3 is 10.5 Å². The monoisotopic (exact) mass is 293 g/mol. The van der Waals surface area contributed by atoms with Gasteiger partial charge in [-0.2, -0.15) is 0 Å². The number of ether oxygens (including phenoxy) is 1. The third kappa shape index (κ3) is 3.92. The Labute approximate surface area is 125 Å². The van der Waals surface area contributed by atoms with E-state index in [4.69, 9.17) is 10.5 Å². The summed E-state index contributed by atoms with van der Waals surface area (Å²) in [5, 5.41) is 0.593. The van der Waals surface area contributed by atoms with Crippen LogP contribution in [0.2, 0.25) is 0 Å². The zero-order valence-corrected chi connectivity index (χ0v) is 13.0. The number of nitrogen functional groups attached to an aromatic ring is 1. The fourth-order valence-corrected chi connectivity index (χ4v) is 4.17. The molecule has 1 aliphatic carbocycles. The molecule has 4 heteroatoms. The summed E-state index contributed by atoms with van der Waals surface area (Å²) in [6, 6.07) is 5.54. The van der Waals surface area contributed by atoms with Crippen LogP contribution in [0.15, 0.2) is 23.1 Å². The molecule has 0 radical (unpaired) electrons. The van der Waals surface area contributed by atoms with Gasteiger partial charge in [-0.3, -0.25) is 0 Å². The molecule has 2 N–H and O–H groups in total. The standard InChI is InChI=1S/C16H23NO2S/c1-3-19-16(18)14-10-12(17)7-8-15(14)20-13-6-4-5-11(2)9-13/h7-8,10-11,13H,3-6,9,17H2,1-2H3. The molecule has 0 amide bonds. The lowest BCUT2D eigenvalue weighted by molar-refractivity contribution is 0.0522. The van der Waals surface area contributed by atoms with Crippen LogP contribution in [0, 0.1) is 5.92 Å². The number of carbonyl (C=O) groups is 1. The number of nitrogens with two attached hydrogens (primary N) is 1. The zero-order chi connectivity index (χ0) is 14.5. The molecule has 2 unspecified atom stereocenters. The number of carbonyl (C=O) groups excluding carboxylic acids is 1. The van der Waals surface area contributed by atoms with Crippen LogP contribution in [0.1, 0.15) is 49.9 Å². The Morgan fingerprint density at radius 2 is 2.25 bits per heavy atom. The largest absolute Gasteiger partial charge is 0.462 e. The topological polar surface area (TPSA) is 52.3 Å². The predicted molar refractivity (Wildman–Crippen MR) is 84.1 cm³/mol. The van der Waals surface area contributed by atoms with E-state index >= 15 is 0 Å². The van der Waals surface area contributed by atoms with Gasteiger partial charge in [0.05, 0.1) is 12.2 Å². The van der Waals surface area contributed by atoms with E-state index in [1.165, 1.54) is 25.7 Å². The molecular weight excluding hydrogens is 270 g/mol. The average Bonchev–Trinajstić information content (AvgIpc) is 2.41. The lowest BCUT2D eigenvalue weighted by Crippen LogP contribution is -2.16. The molecule has 0 saturated heterocycles. The Morgan fingerprint density at radius 1 is 1.45 bits per heavy atom. The van der Waals surface area contributed by atoms with Gasteiger partial charge in [-0.15, -0.1) is 11.8 Å². The van der Waals surface area contributed by atoms with Gasteiger partial charge in [0, 0.05) is 15.8 Å². The van der Waals surface area contributed by atoms with Crippen molar-refractivity contribution in [3.8, 4) is 0 Å². The Hall–Kier alpha value is -1.16. The molecule has 0 aromatic heterocycles. The highest BCUT2D eigenvalue weighted by Crippen LogP contribution is 2.38. The zero-order valence-electron chi connectivity index (χ0n) is 12.2. The fourth-order valence-electron chi connectivity index (χ4n) is 2.68. The summed E-state index contributed by atoms with van der Waals surface area (Å²) in [4.78, 5) is 13.0. The van der Waals surface area contributed by atoms with Crippen molar-refractivity contribution in [1.82, 2.24) is 0 Å². The number of anilines is 1. The molecule has 1 aliphatic rings. The van der Waals surface area contributed by atoms with Crippen LogP contribution >= 0.6 is 11.8 Å². The molecular formula is C16H23NO2S. The number of hydrogen-bond acceptors (Lipinski definition) is 4. The maximum absolute atomic E-state index is 12.0. The second kappa shape index (κ2) is 7.02. The third-order valence-electron chi connectivity index (χ3n) is 3.68. The van der Waals surface area contributed by atoms with E-state index in [9.17, 15) is 4.79 Å². The number of benzene rings is 1. The SMILES string of the molecule is CCOC(=O)c1cc(N)ccc1SC1CCCC(C)C1. The van der Waals surface area contributed by atoms with Crippen molar-refractivity contribution in [2.45, 2.75) is 49.7 Å². The van der Waals surface area contributed by atoms with E-state index < -0.39 is 0 Å². The number of thioether (sulfide) groups is 1. The molecule has 0 bridgehead atoms. The van der Waals surface area contributed by atoms with Gasteiger partial charge in [0.2, 0.25) is 0 Å². The summed E-state index contributed by atoms with van der Waals surface area (Å²) in [5.41, 5.74) is 7.01. The highest BCUT2D eigenvalue weighted by atomic mass is 32.2. The normalized spacial score (nSPS) is 22.5. The quantitative estimate of drug-likeness (QED) is 0.670. The van der Waals surface area contributed by atoms with Gasteiger partial charge in [0.1, 0.15) is 0 Å². The van der Waals surface area contributed by atoms with Gasteiger partial charge in [-0.25, -0.2) is 4.79 Å². The van der Waals surface area contributed by atoms with E-state index in [2.05, 4.69) is 6.92 Å². The molecule has 1 aromatic rings. The Balaban J connectivity index is 2.15. The van der Waals surface area contributed by atoms with Crippen LogP contribution in [0.4, 0.5) is 5.69 Å². The van der Waals surface area contributed by atoms with E-state index in [0.717, 1.165) is 10.8 Å². The number of hydrogen-bond donors (Lipinski definition) is 1. The Morgan fingerprint density at radius 3 is 2.95 bits per heavy atom. The average molecular weight is 293 g/mol. The van der Waals surface area contributed by atoms with Crippen molar-refractivity contribution in [3.05, 3.63) is 23.8 Å². The van der Waals surface area contributed by atoms with Crippen LogP contribution in [0.5, 0.6) is 0 Å². The molecule has 0 heterocycles. The van der Waals surface area contributed by atoms with Crippen molar-refractivity contribution < 1.29 is 9.53 Å². The molecule has 110 valence electrons. The van der Waals surface area contributed by atoms with Gasteiger partial charge in [0.15, 0.2) is 0 Å². The first-order valence-corrected chi connectivity index (χ1v) is 8.21. The molecule has 0 aliphatic heterocycles. The molecule has 3 nitrogen and oxygen atoms in total. The summed E-state index contributed by atoms with van der Waals surface area (Å²) in [6.45, 7) is 4.51. The highest BCUT2D eigenvalue weighted by molar-refractivity contribution is 8.00. The molecule has 1 fully saturated rings. The van der Waals surface area contributed by atoms with Crippen LogP contribution in [0.25, 0.3) is 0 Å². The lowest BCUT2D eigenvalue weighted by Gasteiger charge is -2.26. The number of esters is 1. The van der Waals surface area contributed by atoms with E-state index in [1.807, 2.05) is 19.1 Å². The van der Waals surface area contributed by atoms with Crippen molar-refractivity contribution in [3.63, 3.8) is 0 Å². The summed E-state index contributed by atoms with van der Waals surface area (Å²) >= 11 is 1.80. The predicted octanol–water partition coefficient (Wildman–Crippen LogP) is 4.12. The fraction of sp³-hybridized carbons (Fsp3) is 0.562. The summed E-state index contributed by atoms with van der Waals surface area (Å²) in [6.07, 6.45) is 5.05. The van der Waals surface area contributed by atoms with Gasteiger partial charge in [0.25, 0.3) is 0 Å². The Bertz CT molecular complexity index is 476. The maximum Gasteiger partial charge on any atom is 0.339 e. The third-order valence-corrected chi connectivity index (χ3v) is 5.05. The molecule has 2 rings (SSSR count). The first kappa shape index (κ1) is 15.2. The lowest BCUT2D eigenvalue weighted by atomic mass is 9.91. The molecule has 0 spiro atoms. The smallest absolute Gasteiger partial charge is 0.339 e. The van der Waals surface area contributed by atoms with Crippen molar-refractivity contribution >= 4 is 23.4 Å². The minimum absolute atomic E-state index is 0.272. The van der Waals surface area contributed by atoms with Gasteiger partial charge in [-0.05, 0) is 43.9 Å². The van der Waals surface area contributed by atoms with Crippen LogP contribution in [-0.4, -0.2) is 17.8 Å². The van der Waals surface area contributed by atoms with E-state index in [1.54, 1.807) is 17.8 Å². The maximum atomic E-state index is 12.0. The molecule has 2 atom stereocenters. The van der Waals surface area contributed by atoms with Gasteiger partial charge >= 0.3 is 5.97 Å². The van der Waals surface area contributed by atoms with Crippen molar-refractivity contribution in [1.29, 1.82) is 0 Å². The van der Waals surface area contributed by atoms with Crippen molar-refractivity contribution in [2.24, 2.45) is 5.92 Å². The summed E-state index contributed by atoms with van der Waals surface area (Å²) in [5.74, 6) is 0.507. The number of rotatable bonds is 4. The minimum atomic E-state index is -0.272. The second-order valence-corrected chi connectivity index (χ2v) is 6.83. The highest BCUT2D eigenvalue weighted by Gasteiger charge is 2.22. The molecule has 1 saturated carbocycles. The van der Waals surface area contributed by atoms with Gasteiger partial charge in [-0.1, -0.05) is 19.8 Å². The summed E-state index contributed by atoms with van der Waals surface area (Å²) < 4.78 is 5.13. The molecule has 1 aromatic carbocycles. The van der Waals surface area contributed by atoms with Crippen molar-refractivity contribution in [2.75, 3.05) is 12.3 Å². The first-order chi connectivity index (χ1) is 9.60. The first-order valence-electron chi connectivity index (χ1n) is 7.33. The van der Waals surface area contributed by atoms with E-state index in [0.29, 0.717) is 23.1 Å². The van der Waals surface area contributed by atoms with E-state index in [-0.39, 0.29) is 5.97 Å². The Kier molecular flexibility index (Phi) is 5.35. The second-order valence-electron chi connectivity index (χ2n) is 5.49.